The number of hydrogen-bond acceptors (Lipinski definition) is 6. The van der Waals surface area contributed by atoms with Gasteiger partial charge < -0.3 is 14.2 Å². The maximum absolute atomic E-state index is 13.2. The number of rotatable bonds is 2. The molecule has 0 spiro atoms. The van der Waals surface area contributed by atoms with Gasteiger partial charge in [0.15, 0.2) is 17.2 Å². The Hall–Kier alpha value is -3.49. The zero-order valence-corrected chi connectivity index (χ0v) is 17.5. The Bertz CT molecular complexity index is 1190. The van der Waals surface area contributed by atoms with Crippen molar-refractivity contribution in [3.05, 3.63) is 53.4 Å². The quantitative estimate of drug-likeness (QED) is 0.628. The van der Waals surface area contributed by atoms with Crippen LogP contribution in [0.25, 0.3) is 5.65 Å². The number of carbonyl (C=O) groups is 3. The summed E-state index contributed by atoms with van der Waals surface area (Å²) < 4.78 is 6.82. The van der Waals surface area contributed by atoms with Crippen LogP contribution in [0.3, 0.4) is 0 Å². The Labute approximate surface area is 178 Å². The molecule has 3 aromatic heterocycles. The summed E-state index contributed by atoms with van der Waals surface area (Å²) in [5.41, 5.74) is 2.09. The molecule has 4 heterocycles. The molecular formula is C22H23N5O4. The monoisotopic (exact) mass is 421 g/mol. The van der Waals surface area contributed by atoms with E-state index >= 15 is 0 Å². The van der Waals surface area contributed by atoms with Gasteiger partial charge in [0.1, 0.15) is 5.56 Å². The fourth-order valence-electron chi connectivity index (χ4n) is 4.42. The maximum Gasteiger partial charge on any atom is 0.289 e. The number of carbonyl (C=O) groups excluding carboxylic acids is 3. The number of piperazine rings is 1. The molecule has 31 heavy (non-hydrogen) atoms. The van der Waals surface area contributed by atoms with Gasteiger partial charge in [-0.3, -0.25) is 14.4 Å². The van der Waals surface area contributed by atoms with Crippen molar-refractivity contribution >= 4 is 23.2 Å². The molecule has 1 fully saturated rings. The van der Waals surface area contributed by atoms with Crippen molar-refractivity contribution in [1.29, 1.82) is 0 Å². The molecule has 3 aromatic rings. The molecule has 0 aromatic carbocycles. The third-order valence-electron chi connectivity index (χ3n) is 6.03. The molecule has 160 valence electrons. The highest BCUT2D eigenvalue weighted by atomic mass is 16.3. The van der Waals surface area contributed by atoms with Gasteiger partial charge in [0.2, 0.25) is 0 Å². The van der Waals surface area contributed by atoms with Crippen molar-refractivity contribution in [2.24, 2.45) is 5.41 Å². The van der Waals surface area contributed by atoms with Crippen LogP contribution < -0.4 is 0 Å². The lowest BCUT2D eigenvalue weighted by atomic mass is 9.76. The number of furan rings is 1. The number of aromatic nitrogens is 3. The molecule has 0 N–H and O–H groups in total. The highest BCUT2D eigenvalue weighted by Crippen LogP contribution is 2.34. The summed E-state index contributed by atoms with van der Waals surface area (Å²) in [6.07, 6.45) is 5.73. The highest BCUT2D eigenvalue weighted by molar-refractivity contribution is 6.01. The number of nitrogens with zero attached hydrogens (tertiary/aromatic N) is 5. The SMILES string of the molecule is CC1(C)CC(=O)c2cnc3c(C(=O)N4CCN(C(=O)c5ccco5)CC4)cnn3c2C1. The first kappa shape index (κ1) is 19.5. The van der Waals surface area contributed by atoms with Crippen molar-refractivity contribution < 1.29 is 18.8 Å². The van der Waals surface area contributed by atoms with Gasteiger partial charge in [0.25, 0.3) is 11.8 Å². The minimum Gasteiger partial charge on any atom is -0.459 e. The zero-order valence-electron chi connectivity index (χ0n) is 17.5. The molecule has 1 aliphatic carbocycles. The molecule has 1 aliphatic heterocycles. The van der Waals surface area contributed by atoms with Crippen LogP contribution in [0.1, 0.15) is 57.2 Å². The van der Waals surface area contributed by atoms with Crippen LogP contribution in [0.4, 0.5) is 0 Å². The number of amides is 2. The summed E-state index contributed by atoms with van der Waals surface area (Å²) >= 11 is 0. The van der Waals surface area contributed by atoms with Crippen molar-refractivity contribution in [3.8, 4) is 0 Å². The molecule has 2 amide bonds. The first-order chi connectivity index (χ1) is 14.8. The molecule has 0 saturated carbocycles. The standard InChI is InChI=1S/C22H23N5O4/c1-22(2)10-16-14(17(28)11-22)12-23-19-15(13-24-27(16)19)20(29)25-5-7-26(8-6-25)21(30)18-4-3-9-31-18/h3-4,9,12-13H,5-8,10-11H2,1-2H3. The second-order valence-electron chi connectivity index (χ2n) is 8.91. The Morgan fingerprint density at radius 3 is 2.42 bits per heavy atom. The van der Waals surface area contributed by atoms with Crippen molar-refractivity contribution in [3.63, 3.8) is 0 Å². The van der Waals surface area contributed by atoms with Gasteiger partial charge in [-0.05, 0) is 24.0 Å². The maximum atomic E-state index is 13.2. The van der Waals surface area contributed by atoms with E-state index in [1.165, 1.54) is 12.5 Å². The van der Waals surface area contributed by atoms with E-state index in [9.17, 15) is 14.4 Å². The molecule has 0 bridgehead atoms. The van der Waals surface area contributed by atoms with Gasteiger partial charge in [-0.15, -0.1) is 0 Å². The van der Waals surface area contributed by atoms with E-state index in [2.05, 4.69) is 23.9 Å². The second kappa shape index (κ2) is 7.04. The van der Waals surface area contributed by atoms with E-state index in [1.807, 2.05) is 0 Å². The lowest BCUT2D eigenvalue weighted by molar-refractivity contribution is 0.0519. The van der Waals surface area contributed by atoms with E-state index in [0.717, 1.165) is 5.69 Å². The predicted molar refractivity (Wildman–Crippen MR) is 110 cm³/mol. The van der Waals surface area contributed by atoms with Gasteiger partial charge in [-0.25, -0.2) is 9.50 Å². The fraction of sp³-hybridized carbons (Fsp3) is 0.409. The molecule has 9 heteroatoms. The van der Waals surface area contributed by atoms with Crippen LogP contribution in [0.2, 0.25) is 0 Å². The Balaban J connectivity index is 1.37. The van der Waals surface area contributed by atoms with Crippen LogP contribution in [-0.2, 0) is 6.42 Å². The third-order valence-corrected chi connectivity index (χ3v) is 6.03. The smallest absolute Gasteiger partial charge is 0.289 e. The van der Waals surface area contributed by atoms with E-state index < -0.39 is 0 Å². The molecule has 0 radical (unpaired) electrons. The molecule has 5 rings (SSSR count). The third kappa shape index (κ3) is 3.30. The van der Waals surface area contributed by atoms with Gasteiger partial charge in [-0.2, -0.15) is 5.10 Å². The normalized spacial score (nSPS) is 18.3. The molecular weight excluding hydrogens is 398 g/mol. The summed E-state index contributed by atoms with van der Waals surface area (Å²) in [7, 11) is 0. The fourth-order valence-corrected chi connectivity index (χ4v) is 4.42. The Morgan fingerprint density at radius 1 is 1.03 bits per heavy atom. The van der Waals surface area contributed by atoms with Crippen molar-refractivity contribution in [2.45, 2.75) is 26.7 Å². The van der Waals surface area contributed by atoms with Gasteiger partial charge in [0, 0.05) is 38.8 Å². The lowest BCUT2D eigenvalue weighted by Gasteiger charge is -2.34. The van der Waals surface area contributed by atoms with Gasteiger partial charge in [-0.1, -0.05) is 13.8 Å². The Kier molecular flexibility index (Phi) is 4.42. The first-order valence-corrected chi connectivity index (χ1v) is 10.3. The predicted octanol–water partition coefficient (Wildman–Crippen LogP) is 2.08. The minimum atomic E-state index is -0.173. The number of Topliss-reactive ketones (excluding diaryl/α,β-unsaturated/α-hetero) is 1. The van der Waals surface area contributed by atoms with Crippen LogP contribution >= 0.6 is 0 Å². The average molecular weight is 421 g/mol. The van der Waals surface area contributed by atoms with E-state index in [1.54, 1.807) is 32.6 Å². The van der Waals surface area contributed by atoms with Gasteiger partial charge >= 0.3 is 0 Å². The lowest BCUT2D eigenvalue weighted by Crippen LogP contribution is -2.50. The largest absolute Gasteiger partial charge is 0.459 e. The first-order valence-electron chi connectivity index (χ1n) is 10.3. The molecule has 0 atom stereocenters. The summed E-state index contributed by atoms with van der Waals surface area (Å²) in [6.45, 7) is 5.79. The van der Waals surface area contributed by atoms with Crippen molar-refractivity contribution in [2.75, 3.05) is 26.2 Å². The van der Waals surface area contributed by atoms with Crippen LogP contribution in [0.15, 0.2) is 35.2 Å². The van der Waals surface area contributed by atoms with E-state index in [-0.39, 0.29) is 23.0 Å². The number of hydrogen-bond donors (Lipinski definition) is 0. The minimum absolute atomic E-state index is 0.0568. The Morgan fingerprint density at radius 2 is 1.74 bits per heavy atom. The summed E-state index contributed by atoms with van der Waals surface area (Å²) in [5, 5.41) is 4.40. The second-order valence-corrected chi connectivity index (χ2v) is 8.91. The van der Waals surface area contributed by atoms with Crippen LogP contribution in [-0.4, -0.2) is 68.2 Å². The van der Waals surface area contributed by atoms with Crippen molar-refractivity contribution in [1.82, 2.24) is 24.4 Å². The van der Waals surface area contributed by atoms with E-state index in [0.29, 0.717) is 61.6 Å². The van der Waals surface area contributed by atoms with Crippen LogP contribution in [0.5, 0.6) is 0 Å². The molecule has 2 aliphatic rings. The molecule has 9 nitrogen and oxygen atoms in total. The molecule has 1 saturated heterocycles. The summed E-state index contributed by atoms with van der Waals surface area (Å²) in [6, 6.07) is 3.32. The topological polar surface area (TPSA) is 101 Å². The molecule has 0 unspecified atom stereocenters. The zero-order chi connectivity index (χ0) is 21.8. The highest BCUT2D eigenvalue weighted by Gasteiger charge is 2.34. The van der Waals surface area contributed by atoms with E-state index in [4.69, 9.17) is 4.42 Å². The number of ketones is 1. The average Bonchev–Trinajstić information content (AvgIpc) is 3.42. The van der Waals surface area contributed by atoms with Crippen LogP contribution in [0, 0.1) is 5.41 Å². The summed E-state index contributed by atoms with van der Waals surface area (Å²) in [4.78, 5) is 45.9. The van der Waals surface area contributed by atoms with Gasteiger partial charge in [0.05, 0.1) is 23.7 Å². The summed E-state index contributed by atoms with van der Waals surface area (Å²) in [5.74, 6) is 0.0119. The number of fused-ring (bicyclic) bond motifs is 3.